The molecule has 0 spiro atoms. The van der Waals surface area contributed by atoms with Crippen LogP contribution >= 0.6 is 24.2 Å². The summed E-state index contributed by atoms with van der Waals surface area (Å²) in [5.74, 6) is 1.11. The third kappa shape index (κ3) is 2.72. The first kappa shape index (κ1) is 15.0. The number of ether oxygens (including phenoxy) is 1. The van der Waals surface area contributed by atoms with Crippen LogP contribution in [0, 0.1) is 0 Å². The summed E-state index contributed by atoms with van der Waals surface area (Å²) in [4.78, 5) is 12.3. The average Bonchev–Trinajstić information content (AvgIpc) is 2.46. The van der Waals surface area contributed by atoms with Crippen molar-refractivity contribution < 1.29 is 4.74 Å². The quantitative estimate of drug-likeness (QED) is 0.875. The van der Waals surface area contributed by atoms with Gasteiger partial charge in [-0.15, -0.1) is 0 Å². The lowest BCUT2D eigenvalue weighted by molar-refractivity contribution is 0.416. The Balaban J connectivity index is 2.73. The van der Waals surface area contributed by atoms with Gasteiger partial charge in [-0.2, -0.15) is 12.6 Å². The SMILES string of the molecule is CCn1c(-c2cc(Cl)ccc2OC)ccc(CS)c1=O. The van der Waals surface area contributed by atoms with Crippen LogP contribution in [0.5, 0.6) is 5.75 Å². The molecule has 20 heavy (non-hydrogen) atoms. The second-order valence-electron chi connectivity index (χ2n) is 4.30. The normalized spacial score (nSPS) is 10.6. The smallest absolute Gasteiger partial charge is 0.255 e. The molecule has 0 amide bonds. The van der Waals surface area contributed by atoms with E-state index in [1.807, 2.05) is 19.1 Å². The summed E-state index contributed by atoms with van der Waals surface area (Å²) in [5.41, 5.74) is 2.26. The molecule has 0 aliphatic carbocycles. The standard InChI is InChI=1S/C15H16ClNO2S/c1-3-17-13(6-4-10(9-20)15(17)18)12-8-11(16)5-7-14(12)19-2/h4-8,20H,3,9H2,1-2H3. The van der Waals surface area contributed by atoms with Gasteiger partial charge in [0.1, 0.15) is 5.75 Å². The van der Waals surface area contributed by atoms with Crippen molar-refractivity contribution in [2.75, 3.05) is 7.11 Å². The molecule has 0 saturated heterocycles. The molecule has 0 bridgehead atoms. The predicted molar refractivity (Wildman–Crippen MR) is 86.1 cm³/mol. The molecule has 0 N–H and O–H groups in total. The van der Waals surface area contributed by atoms with Gasteiger partial charge < -0.3 is 9.30 Å². The van der Waals surface area contributed by atoms with Gasteiger partial charge in [-0.25, -0.2) is 0 Å². The summed E-state index contributed by atoms with van der Waals surface area (Å²) in [6.07, 6.45) is 0. The summed E-state index contributed by atoms with van der Waals surface area (Å²) in [6, 6.07) is 9.08. The number of halogens is 1. The maximum absolute atomic E-state index is 12.3. The molecular weight excluding hydrogens is 294 g/mol. The summed E-state index contributed by atoms with van der Waals surface area (Å²) < 4.78 is 7.07. The molecule has 0 atom stereocenters. The molecule has 0 unspecified atom stereocenters. The van der Waals surface area contributed by atoms with Crippen LogP contribution in [0.15, 0.2) is 35.1 Å². The topological polar surface area (TPSA) is 31.2 Å². The number of nitrogens with zero attached hydrogens (tertiary/aromatic N) is 1. The molecular formula is C15H16ClNO2S. The van der Waals surface area contributed by atoms with Crippen LogP contribution < -0.4 is 10.3 Å². The van der Waals surface area contributed by atoms with Crippen LogP contribution in [0.1, 0.15) is 12.5 Å². The fourth-order valence-electron chi connectivity index (χ4n) is 2.17. The maximum Gasteiger partial charge on any atom is 0.255 e. The zero-order valence-corrected chi connectivity index (χ0v) is 13.0. The van der Waals surface area contributed by atoms with Crippen molar-refractivity contribution in [1.29, 1.82) is 0 Å². The first-order valence-corrected chi connectivity index (χ1v) is 7.30. The van der Waals surface area contributed by atoms with Crippen LogP contribution in [0.3, 0.4) is 0 Å². The number of benzene rings is 1. The van der Waals surface area contributed by atoms with Crippen molar-refractivity contribution in [2.24, 2.45) is 0 Å². The molecule has 0 saturated carbocycles. The van der Waals surface area contributed by atoms with E-state index in [2.05, 4.69) is 12.6 Å². The zero-order valence-electron chi connectivity index (χ0n) is 11.4. The minimum atomic E-state index is -0.0259. The van der Waals surface area contributed by atoms with Gasteiger partial charge in [-0.3, -0.25) is 4.79 Å². The molecule has 2 rings (SSSR count). The van der Waals surface area contributed by atoms with Crippen LogP contribution in [0.4, 0.5) is 0 Å². The van der Waals surface area contributed by atoms with E-state index in [1.54, 1.807) is 29.9 Å². The van der Waals surface area contributed by atoms with E-state index in [0.29, 0.717) is 28.6 Å². The van der Waals surface area contributed by atoms with Crippen molar-refractivity contribution >= 4 is 24.2 Å². The van der Waals surface area contributed by atoms with Gasteiger partial charge in [-0.1, -0.05) is 17.7 Å². The Morgan fingerprint density at radius 1 is 1.30 bits per heavy atom. The van der Waals surface area contributed by atoms with Gasteiger partial charge in [0, 0.05) is 28.4 Å². The van der Waals surface area contributed by atoms with Crippen molar-refractivity contribution in [3.63, 3.8) is 0 Å². The van der Waals surface area contributed by atoms with Crippen LogP contribution in [0.2, 0.25) is 5.02 Å². The van der Waals surface area contributed by atoms with E-state index in [1.165, 1.54) is 0 Å². The Labute approximate surface area is 128 Å². The lowest BCUT2D eigenvalue weighted by atomic mass is 10.1. The highest BCUT2D eigenvalue weighted by atomic mass is 35.5. The Kier molecular flexibility index (Phi) is 4.78. The lowest BCUT2D eigenvalue weighted by Gasteiger charge is -2.15. The molecule has 106 valence electrons. The maximum atomic E-state index is 12.3. The van der Waals surface area contributed by atoms with Gasteiger partial charge in [0.2, 0.25) is 0 Å². The van der Waals surface area contributed by atoms with E-state index in [-0.39, 0.29) is 5.56 Å². The second kappa shape index (κ2) is 6.37. The molecule has 3 nitrogen and oxygen atoms in total. The fraction of sp³-hybridized carbons (Fsp3) is 0.267. The van der Waals surface area contributed by atoms with Gasteiger partial charge in [0.15, 0.2) is 0 Å². The summed E-state index contributed by atoms with van der Waals surface area (Å²) in [7, 11) is 1.60. The highest BCUT2D eigenvalue weighted by Gasteiger charge is 2.13. The van der Waals surface area contributed by atoms with E-state index >= 15 is 0 Å². The predicted octanol–water partition coefficient (Wildman–Crippen LogP) is 3.63. The Morgan fingerprint density at radius 2 is 2.05 bits per heavy atom. The molecule has 5 heteroatoms. The number of methoxy groups -OCH3 is 1. The third-order valence-electron chi connectivity index (χ3n) is 3.18. The van der Waals surface area contributed by atoms with E-state index < -0.39 is 0 Å². The van der Waals surface area contributed by atoms with E-state index in [0.717, 1.165) is 11.3 Å². The van der Waals surface area contributed by atoms with Crippen LogP contribution in [-0.2, 0) is 12.3 Å². The van der Waals surface area contributed by atoms with Crippen LogP contribution in [0.25, 0.3) is 11.3 Å². The number of hydrogen-bond donors (Lipinski definition) is 1. The highest BCUT2D eigenvalue weighted by Crippen LogP contribution is 2.32. The number of pyridine rings is 1. The highest BCUT2D eigenvalue weighted by molar-refractivity contribution is 7.79. The van der Waals surface area contributed by atoms with Gasteiger partial charge >= 0.3 is 0 Å². The average molecular weight is 310 g/mol. The molecule has 0 radical (unpaired) electrons. The number of aromatic nitrogens is 1. The van der Waals surface area contributed by atoms with Crippen LogP contribution in [-0.4, -0.2) is 11.7 Å². The minimum Gasteiger partial charge on any atom is -0.496 e. The zero-order chi connectivity index (χ0) is 14.7. The monoisotopic (exact) mass is 309 g/mol. The second-order valence-corrected chi connectivity index (χ2v) is 5.05. The van der Waals surface area contributed by atoms with Gasteiger partial charge in [-0.05, 0) is 31.2 Å². The number of thiol groups is 1. The third-order valence-corrected chi connectivity index (χ3v) is 3.75. The molecule has 0 fully saturated rings. The Bertz CT molecular complexity index is 682. The summed E-state index contributed by atoms with van der Waals surface area (Å²) >= 11 is 10.2. The first-order valence-electron chi connectivity index (χ1n) is 6.29. The van der Waals surface area contributed by atoms with Crippen molar-refractivity contribution in [3.8, 4) is 17.0 Å². The molecule has 1 aromatic heterocycles. The van der Waals surface area contributed by atoms with Crippen molar-refractivity contribution in [2.45, 2.75) is 19.2 Å². The number of rotatable bonds is 4. The first-order chi connectivity index (χ1) is 9.62. The molecule has 2 aromatic rings. The summed E-state index contributed by atoms with van der Waals surface area (Å²) in [5, 5.41) is 0.606. The minimum absolute atomic E-state index is 0.0259. The molecule has 0 aliphatic heterocycles. The van der Waals surface area contributed by atoms with E-state index in [4.69, 9.17) is 16.3 Å². The number of hydrogen-bond acceptors (Lipinski definition) is 3. The van der Waals surface area contributed by atoms with E-state index in [9.17, 15) is 4.79 Å². The molecule has 1 aromatic carbocycles. The van der Waals surface area contributed by atoms with Gasteiger partial charge in [0.05, 0.1) is 12.8 Å². The van der Waals surface area contributed by atoms with Crippen molar-refractivity contribution in [3.05, 3.63) is 51.3 Å². The molecule has 1 heterocycles. The lowest BCUT2D eigenvalue weighted by Crippen LogP contribution is -2.23. The Hall–Kier alpha value is -1.39. The fourth-order valence-corrected chi connectivity index (χ4v) is 2.59. The largest absolute Gasteiger partial charge is 0.496 e. The van der Waals surface area contributed by atoms with Crippen molar-refractivity contribution in [1.82, 2.24) is 4.57 Å². The van der Waals surface area contributed by atoms with Gasteiger partial charge in [0.25, 0.3) is 5.56 Å². The molecule has 0 aliphatic rings. The Morgan fingerprint density at radius 3 is 2.65 bits per heavy atom. The summed E-state index contributed by atoms with van der Waals surface area (Å²) in [6.45, 7) is 2.51.